The van der Waals surface area contributed by atoms with Crippen molar-refractivity contribution in [1.82, 2.24) is 29.8 Å². The largest absolute Gasteiger partial charge is 0.336 e. The molecule has 0 radical (unpaired) electrons. The van der Waals surface area contributed by atoms with Crippen LogP contribution >= 0.6 is 0 Å². The standard InChI is InChI=1S/C20H24N6O2/c1-24(2)9-7-14-12-26(23-22-14)15-8-10-25(13-15)20(28)17-11-19(27)21-18-6-4-3-5-16(17)18/h3-6,11-12,15H,7-10,13H2,1-2H3,(H,21,27). The molecule has 28 heavy (non-hydrogen) atoms. The van der Waals surface area contributed by atoms with E-state index in [-0.39, 0.29) is 17.5 Å². The van der Waals surface area contributed by atoms with Gasteiger partial charge in [-0.25, -0.2) is 4.68 Å². The summed E-state index contributed by atoms with van der Waals surface area (Å²) in [5, 5.41) is 9.28. The van der Waals surface area contributed by atoms with Gasteiger partial charge in [-0.2, -0.15) is 0 Å². The van der Waals surface area contributed by atoms with Crippen LogP contribution in [0.15, 0.2) is 41.3 Å². The molecule has 1 aliphatic rings. The minimum atomic E-state index is -0.264. The Morgan fingerprint density at radius 1 is 1.32 bits per heavy atom. The number of likely N-dealkylation sites (tertiary alicyclic amines) is 1. The summed E-state index contributed by atoms with van der Waals surface area (Å²) in [6.45, 7) is 2.12. The number of fused-ring (bicyclic) bond motifs is 1. The highest BCUT2D eigenvalue weighted by atomic mass is 16.2. The van der Waals surface area contributed by atoms with E-state index in [9.17, 15) is 9.59 Å². The molecule has 146 valence electrons. The van der Waals surface area contributed by atoms with Crippen LogP contribution in [0.25, 0.3) is 10.9 Å². The van der Waals surface area contributed by atoms with Gasteiger partial charge in [0.15, 0.2) is 0 Å². The van der Waals surface area contributed by atoms with Crippen molar-refractivity contribution in [2.24, 2.45) is 0 Å². The monoisotopic (exact) mass is 380 g/mol. The molecule has 1 unspecified atom stereocenters. The number of nitrogens with one attached hydrogen (secondary N) is 1. The highest BCUT2D eigenvalue weighted by Gasteiger charge is 2.29. The van der Waals surface area contributed by atoms with Gasteiger partial charge in [-0.15, -0.1) is 5.10 Å². The third-order valence-corrected chi connectivity index (χ3v) is 5.18. The fourth-order valence-electron chi connectivity index (χ4n) is 3.64. The molecule has 1 aromatic carbocycles. The summed E-state index contributed by atoms with van der Waals surface area (Å²) in [6.07, 6.45) is 3.65. The van der Waals surface area contributed by atoms with Gasteiger partial charge in [-0.3, -0.25) is 9.59 Å². The van der Waals surface area contributed by atoms with Crippen LogP contribution in [0, 0.1) is 0 Å². The van der Waals surface area contributed by atoms with E-state index in [1.54, 1.807) is 4.90 Å². The molecule has 3 heterocycles. The van der Waals surface area contributed by atoms with Gasteiger partial charge < -0.3 is 14.8 Å². The van der Waals surface area contributed by atoms with Crippen molar-refractivity contribution >= 4 is 16.8 Å². The van der Waals surface area contributed by atoms with Crippen LogP contribution < -0.4 is 5.56 Å². The van der Waals surface area contributed by atoms with Gasteiger partial charge in [-0.1, -0.05) is 23.4 Å². The number of aromatic amines is 1. The Hall–Kier alpha value is -3.00. The highest BCUT2D eigenvalue weighted by molar-refractivity contribution is 6.06. The first-order chi connectivity index (χ1) is 13.5. The first kappa shape index (κ1) is 18.4. The van der Waals surface area contributed by atoms with Crippen LogP contribution in [0.4, 0.5) is 0 Å². The van der Waals surface area contributed by atoms with E-state index in [0.29, 0.717) is 24.2 Å². The average molecular weight is 380 g/mol. The summed E-state index contributed by atoms with van der Waals surface area (Å²) in [7, 11) is 4.06. The van der Waals surface area contributed by atoms with E-state index >= 15 is 0 Å². The smallest absolute Gasteiger partial charge is 0.254 e. The van der Waals surface area contributed by atoms with Crippen molar-refractivity contribution < 1.29 is 4.79 Å². The molecular weight excluding hydrogens is 356 g/mol. The van der Waals surface area contributed by atoms with Crippen molar-refractivity contribution in [1.29, 1.82) is 0 Å². The number of benzene rings is 1. The van der Waals surface area contributed by atoms with E-state index in [4.69, 9.17) is 0 Å². The van der Waals surface area contributed by atoms with Crippen molar-refractivity contribution in [3.8, 4) is 0 Å². The molecule has 1 N–H and O–H groups in total. The SMILES string of the molecule is CN(C)CCc1cn(C2CCN(C(=O)c3cc(=O)[nH]c4ccccc34)C2)nn1. The zero-order chi connectivity index (χ0) is 19.7. The second-order valence-electron chi connectivity index (χ2n) is 7.53. The number of amides is 1. The van der Waals surface area contributed by atoms with E-state index in [2.05, 4.69) is 20.2 Å². The molecule has 0 spiro atoms. The Bertz CT molecular complexity index is 1050. The van der Waals surface area contributed by atoms with E-state index in [1.165, 1.54) is 6.07 Å². The van der Waals surface area contributed by atoms with Crippen molar-refractivity contribution in [3.05, 3.63) is 58.1 Å². The van der Waals surface area contributed by atoms with Gasteiger partial charge in [0.2, 0.25) is 5.56 Å². The number of para-hydroxylation sites is 1. The maximum absolute atomic E-state index is 13.1. The maximum atomic E-state index is 13.1. The molecule has 0 saturated carbocycles. The minimum Gasteiger partial charge on any atom is -0.336 e. The van der Waals surface area contributed by atoms with E-state index < -0.39 is 0 Å². The number of carbonyl (C=O) groups excluding carboxylic acids is 1. The molecular formula is C20H24N6O2. The number of aromatic nitrogens is 4. The summed E-state index contributed by atoms with van der Waals surface area (Å²) in [5.74, 6) is -0.113. The first-order valence-corrected chi connectivity index (χ1v) is 9.48. The molecule has 2 aromatic heterocycles. The molecule has 1 aliphatic heterocycles. The molecule has 0 aliphatic carbocycles. The van der Waals surface area contributed by atoms with Gasteiger partial charge >= 0.3 is 0 Å². The second kappa shape index (κ2) is 7.55. The van der Waals surface area contributed by atoms with Gasteiger partial charge in [0, 0.05) is 49.2 Å². The zero-order valence-corrected chi connectivity index (χ0v) is 16.1. The Balaban J connectivity index is 1.50. The highest BCUT2D eigenvalue weighted by Crippen LogP contribution is 2.24. The summed E-state index contributed by atoms with van der Waals surface area (Å²) < 4.78 is 1.87. The Morgan fingerprint density at radius 3 is 2.96 bits per heavy atom. The van der Waals surface area contributed by atoms with Gasteiger partial charge in [-0.05, 0) is 26.6 Å². The van der Waals surface area contributed by atoms with Crippen LogP contribution in [0.3, 0.4) is 0 Å². The second-order valence-corrected chi connectivity index (χ2v) is 7.53. The Kier molecular flexibility index (Phi) is 4.95. The lowest BCUT2D eigenvalue weighted by atomic mass is 10.1. The third-order valence-electron chi connectivity index (χ3n) is 5.18. The van der Waals surface area contributed by atoms with Gasteiger partial charge in [0.05, 0.1) is 17.3 Å². The van der Waals surface area contributed by atoms with Gasteiger partial charge in [0.1, 0.15) is 0 Å². The predicted molar refractivity (Wildman–Crippen MR) is 106 cm³/mol. The molecule has 4 rings (SSSR count). The lowest BCUT2D eigenvalue weighted by Crippen LogP contribution is -2.30. The number of pyridine rings is 1. The van der Waals surface area contributed by atoms with Crippen LogP contribution in [-0.4, -0.2) is 69.4 Å². The maximum Gasteiger partial charge on any atom is 0.254 e. The van der Waals surface area contributed by atoms with Crippen LogP contribution in [0.1, 0.15) is 28.5 Å². The topological polar surface area (TPSA) is 87.1 Å². The third kappa shape index (κ3) is 3.68. The number of hydrogen-bond acceptors (Lipinski definition) is 5. The fraction of sp³-hybridized carbons (Fsp3) is 0.400. The fourth-order valence-corrected chi connectivity index (χ4v) is 3.64. The molecule has 1 amide bonds. The number of H-pyrrole nitrogens is 1. The molecule has 1 fully saturated rings. The summed E-state index contributed by atoms with van der Waals surface area (Å²) in [4.78, 5) is 31.8. The zero-order valence-electron chi connectivity index (χ0n) is 16.1. The van der Waals surface area contributed by atoms with Crippen LogP contribution in [0.5, 0.6) is 0 Å². The average Bonchev–Trinajstić information content (AvgIpc) is 3.34. The van der Waals surface area contributed by atoms with Gasteiger partial charge in [0.25, 0.3) is 5.91 Å². The first-order valence-electron chi connectivity index (χ1n) is 9.48. The van der Waals surface area contributed by atoms with Crippen molar-refractivity contribution in [2.45, 2.75) is 18.9 Å². The summed E-state index contributed by atoms with van der Waals surface area (Å²) in [5.41, 5.74) is 1.82. The number of rotatable bonds is 5. The molecule has 8 heteroatoms. The lowest BCUT2D eigenvalue weighted by molar-refractivity contribution is 0.0788. The molecule has 3 aromatic rings. The predicted octanol–water partition coefficient (Wildman–Crippen LogP) is 1.31. The van der Waals surface area contributed by atoms with E-state index in [1.807, 2.05) is 49.2 Å². The number of carbonyl (C=O) groups is 1. The molecule has 1 saturated heterocycles. The summed E-state index contributed by atoms with van der Waals surface area (Å²) in [6, 6.07) is 8.89. The lowest BCUT2D eigenvalue weighted by Gasteiger charge is -2.17. The normalized spacial score (nSPS) is 17.0. The number of nitrogens with zero attached hydrogens (tertiary/aromatic N) is 5. The Labute approximate surface area is 162 Å². The quantitative estimate of drug-likeness (QED) is 0.721. The number of likely N-dealkylation sites (N-methyl/N-ethyl adjacent to an activating group) is 1. The summed E-state index contributed by atoms with van der Waals surface area (Å²) >= 11 is 0. The van der Waals surface area contributed by atoms with Crippen molar-refractivity contribution in [2.75, 3.05) is 33.7 Å². The molecule has 8 nitrogen and oxygen atoms in total. The van der Waals surface area contributed by atoms with E-state index in [0.717, 1.165) is 30.5 Å². The Morgan fingerprint density at radius 2 is 2.14 bits per heavy atom. The van der Waals surface area contributed by atoms with Crippen LogP contribution in [0.2, 0.25) is 0 Å². The number of hydrogen-bond donors (Lipinski definition) is 1. The van der Waals surface area contributed by atoms with Crippen LogP contribution in [-0.2, 0) is 6.42 Å². The van der Waals surface area contributed by atoms with Crippen molar-refractivity contribution in [3.63, 3.8) is 0 Å². The molecule has 1 atom stereocenters. The minimum absolute atomic E-state index is 0.109. The molecule has 0 bridgehead atoms.